The van der Waals surface area contributed by atoms with Crippen LogP contribution in [0.2, 0.25) is 5.02 Å². The number of halogens is 1. The predicted molar refractivity (Wildman–Crippen MR) is 69.0 cm³/mol. The number of anilines is 1. The number of amidine groups is 1. The molecular weight excluding hydrogens is 228 g/mol. The molecular formula is C11H13ClN2S. The van der Waals surface area contributed by atoms with Crippen molar-refractivity contribution in [3.63, 3.8) is 0 Å². The number of hydrogen-bond donors (Lipinski definition) is 1. The van der Waals surface area contributed by atoms with Gasteiger partial charge >= 0.3 is 0 Å². The highest BCUT2D eigenvalue weighted by Gasteiger charge is 2.26. The molecule has 1 heterocycles. The van der Waals surface area contributed by atoms with Crippen molar-refractivity contribution in [3.05, 3.63) is 29.3 Å². The molecule has 0 radical (unpaired) electrons. The Morgan fingerprint density at radius 3 is 2.87 bits per heavy atom. The van der Waals surface area contributed by atoms with Crippen LogP contribution in [0.15, 0.2) is 29.3 Å². The summed E-state index contributed by atoms with van der Waals surface area (Å²) in [6.45, 7) is 5.24. The fourth-order valence-electron chi connectivity index (χ4n) is 1.34. The van der Waals surface area contributed by atoms with E-state index in [-0.39, 0.29) is 4.75 Å². The summed E-state index contributed by atoms with van der Waals surface area (Å²) >= 11 is 7.66. The van der Waals surface area contributed by atoms with Crippen molar-refractivity contribution >= 4 is 34.2 Å². The van der Waals surface area contributed by atoms with Crippen LogP contribution in [0.1, 0.15) is 13.8 Å². The Kier molecular flexibility index (Phi) is 2.94. The molecule has 0 aliphatic carbocycles. The molecule has 4 heteroatoms. The van der Waals surface area contributed by atoms with E-state index >= 15 is 0 Å². The molecule has 0 saturated carbocycles. The molecule has 1 N–H and O–H groups in total. The van der Waals surface area contributed by atoms with Gasteiger partial charge in [-0.2, -0.15) is 0 Å². The third-order valence-electron chi connectivity index (χ3n) is 2.05. The summed E-state index contributed by atoms with van der Waals surface area (Å²) in [5.41, 5.74) is 0.992. The maximum absolute atomic E-state index is 5.90. The largest absolute Gasteiger partial charge is 0.335 e. The van der Waals surface area contributed by atoms with Gasteiger partial charge in [0.05, 0.1) is 6.54 Å². The Hall–Kier alpha value is -0.670. The minimum atomic E-state index is 0.209. The van der Waals surface area contributed by atoms with E-state index in [1.807, 2.05) is 24.3 Å². The molecule has 2 nitrogen and oxygen atoms in total. The zero-order chi connectivity index (χ0) is 10.9. The van der Waals surface area contributed by atoms with Crippen molar-refractivity contribution < 1.29 is 0 Å². The minimum Gasteiger partial charge on any atom is -0.335 e. The topological polar surface area (TPSA) is 24.4 Å². The summed E-state index contributed by atoms with van der Waals surface area (Å²) in [6, 6.07) is 7.67. The van der Waals surface area contributed by atoms with Gasteiger partial charge in [0.15, 0.2) is 5.17 Å². The van der Waals surface area contributed by atoms with Crippen LogP contribution in [0.25, 0.3) is 0 Å². The molecule has 1 aromatic rings. The molecule has 80 valence electrons. The first-order chi connectivity index (χ1) is 7.05. The lowest BCUT2D eigenvalue weighted by Crippen LogP contribution is -2.16. The van der Waals surface area contributed by atoms with Gasteiger partial charge in [0, 0.05) is 15.5 Å². The van der Waals surface area contributed by atoms with E-state index in [0.717, 1.165) is 22.4 Å². The van der Waals surface area contributed by atoms with E-state index < -0.39 is 0 Å². The summed E-state index contributed by atoms with van der Waals surface area (Å²) in [7, 11) is 0. The summed E-state index contributed by atoms with van der Waals surface area (Å²) < 4.78 is 0.209. The number of thioether (sulfide) groups is 1. The van der Waals surface area contributed by atoms with Crippen LogP contribution in [0.5, 0.6) is 0 Å². The fraction of sp³-hybridized carbons (Fsp3) is 0.364. The quantitative estimate of drug-likeness (QED) is 0.811. The van der Waals surface area contributed by atoms with Crippen LogP contribution in [-0.4, -0.2) is 16.5 Å². The van der Waals surface area contributed by atoms with E-state index in [0.29, 0.717) is 0 Å². The summed E-state index contributed by atoms with van der Waals surface area (Å²) in [5.74, 6) is 0. The first-order valence-corrected chi connectivity index (χ1v) is 6.01. The normalized spacial score (nSPS) is 18.7. The Labute approximate surface area is 99.1 Å². The third-order valence-corrected chi connectivity index (χ3v) is 3.39. The van der Waals surface area contributed by atoms with Crippen LogP contribution in [0.4, 0.5) is 5.69 Å². The van der Waals surface area contributed by atoms with E-state index in [1.165, 1.54) is 0 Å². The van der Waals surface area contributed by atoms with Crippen LogP contribution < -0.4 is 5.32 Å². The average Bonchev–Trinajstić information content (AvgIpc) is 2.45. The Morgan fingerprint density at radius 1 is 1.47 bits per heavy atom. The molecule has 0 fully saturated rings. The molecule has 1 aromatic carbocycles. The second kappa shape index (κ2) is 4.06. The number of nitrogens with one attached hydrogen (secondary N) is 1. The summed E-state index contributed by atoms with van der Waals surface area (Å²) in [6.07, 6.45) is 0. The van der Waals surface area contributed by atoms with Gasteiger partial charge in [0.2, 0.25) is 0 Å². The lowest BCUT2D eigenvalue weighted by atomic mass is 10.2. The SMILES string of the molecule is CC1(C)CN=C(Nc2cccc(Cl)c2)S1. The second-order valence-corrected chi connectivity index (χ2v) is 6.25. The highest BCUT2D eigenvalue weighted by Crippen LogP contribution is 2.32. The summed E-state index contributed by atoms with van der Waals surface area (Å²) in [5, 5.41) is 4.98. The molecule has 0 saturated heterocycles. The van der Waals surface area contributed by atoms with Crippen molar-refractivity contribution in [3.8, 4) is 0 Å². The van der Waals surface area contributed by atoms with Gasteiger partial charge in [0.1, 0.15) is 0 Å². The number of hydrogen-bond acceptors (Lipinski definition) is 3. The van der Waals surface area contributed by atoms with Crippen molar-refractivity contribution in [1.82, 2.24) is 0 Å². The zero-order valence-electron chi connectivity index (χ0n) is 8.75. The van der Waals surface area contributed by atoms with Gasteiger partial charge in [0.25, 0.3) is 0 Å². The number of benzene rings is 1. The zero-order valence-corrected chi connectivity index (χ0v) is 10.3. The third kappa shape index (κ3) is 2.89. The van der Waals surface area contributed by atoms with E-state index in [2.05, 4.69) is 24.2 Å². The van der Waals surface area contributed by atoms with Crippen LogP contribution in [-0.2, 0) is 0 Å². The van der Waals surface area contributed by atoms with Gasteiger partial charge < -0.3 is 5.32 Å². The van der Waals surface area contributed by atoms with E-state index in [4.69, 9.17) is 11.6 Å². The average molecular weight is 241 g/mol. The highest BCUT2D eigenvalue weighted by atomic mass is 35.5. The smallest absolute Gasteiger partial charge is 0.161 e. The van der Waals surface area contributed by atoms with Gasteiger partial charge in [-0.1, -0.05) is 29.4 Å². The standard InChI is InChI=1S/C11H13ClN2S/c1-11(2)7-13-10(15-11)14-9-5-3-4-8(12)6-9/h3-6H,7H2,1-2H3,(H,13,14). The molecule has 0 bridgehead atoms. The molecule has 1 aliphatic rings. The van der Waals surface area contributed by atoms with Crippen LogP contribution in [0.3, 0.4) is 0 Å². The van der Waals surface area contributed by atoms with E-state index in [1.54, 1.807) is 11.8 Å². The Balaban J connectivity index is 2.05. The van der Waals surface area contributed by atoms with Gasteiger partial charge in [-0.3, -0.25) is 4.99 Å². The van der Waals surface area contributed by atoms with Gasteiger partial charge in [-0.25, -0.2) is 0 Å². The Morgan fingerprint density at radius 2 is 2.27 bits per heavy atom. The van der Waals surface area contributed by atoms with Crippen molar-refractivity contribution in [1.29, 1.82) is 0 Å². The predicted octanol–water partition coefficient (Wildman–Crippen LogP) is 3.63. The van der Waals surface area contributed by atoms with Crippen molar-refractivity contribution in [2.75, 3.05) is 11.9 Å². The van der Waals surface area contributed by atoms with Gasteiger partial charge in [-0.15, -0.1) is 0 Å². The molecule has 2 rings (SSSR count). The van der Waals surface area contributed by atoms with E-state index in [9.17, 15) is 0 Å². The first kappa shape index (κ1) is 10.8. The van der Waals surface area contributed by atoms with Gasteiger partial charge in [-0.05, 0) is 32.0 Å². The summed E-state index contributed by atoms with van der Waals surface area (Å²) in [4.78, 5) is 4.44. The Bertz CT molecular complexity index is 401. The molecule has 0 amide bonds. The lowest BCUT2D eigenvalue weighted by Gasteiger charge is -2.14. The molecule has 0 unspecified atom stereocenters. The molecule has 1 aliphatic heterocycles. The maximum Gasteiger partial charge on any atom is 0.161 e. The monoisotopic (exact) mass is 240 g/mol. The second-order valence-electron chi connectivity index (χ2n) is 4.12. The number of aliphatic imine (C=N–C) groups is 1. The lowest BCUT2D eigenvalue weighted by molar-refractivity contribution is 0.741. The van der Waals surface area contributed by atoms with Crippen LogP contribution in [0, 0.1) is 0 Å². The minimum absolute atomic E-state index is 0.209. The highest BCUT2D eigenvalue weighted by molar-refractivity contribution is 8.15. The molecule has 15 heavy (non-hydrogen) atoms. The van der Waals surface area contributed by atoms with Crippen molar-refractivity contribution in [2.45, 2.75) is 18.6 Å². The first-order valence-electron chi connectivity index (χ1n) is 4.81. The number of nitrogens with zero attached hydrogens (tertiary/aromatic N) is 1. The molecule has 0 atom stereocenters. The fourth-order valence-corrected chi connectivity index (χ4v) is 2.48. The van der Waals surface area contributed by atoms with Crippen LogP contribution >= 0.6 is 23.4 Å². The maximum atomic E-state index is 5.90. The molecule has 0 aromatic heterocycles. The number of rotatable bonds is 1. The molecule has 0 spiro atoms. The van der Waals surface area contributed by atoms with Crippen molar-refractivity contribution in [2.24, 2.45) is 4.99 Å².